The molecule has 1 heterocycles. The van der Waals surface area contributed by atoms with E-state index < -0.39 is 0 Å². The van der Waals surface area contributed by atoms with E-state index in [-0.39, 0.29) is 11.7 Å². The molecule has 0 aliphatic rings. The summed E-state index contributed by atoms with van der Waals surface area (Å²) in [7, 11) is 1.55. The normalized spacial score (nSPS) is 9.57. The molecule has 0 spiro atoms. The Hall–Kier alpha value is -1.23. The third kappa shape index (κ3) is 3.26. The van der Waals surface area contributed by atoms with Crippen LogP contribution in [0.5, 0.6) is 5.88 Å². The standard InChI is InChI=1S/C9H12N2O2S/c1-13-9-4-7(2-3-10-9)5-11-8(12)6-14/h2-4,14H,5-6H2,1H3,(H,11,12). The number of ether oxygens (including phenoxy) is 1. The quantitative estimate of drug-likeness (QED) is 0.720. The van der Waals surface area contributed by atoms with Gasteiger partial charge in [-0.15, -0.1) is 0 Å². The van der Waals surface area contributed by atoms with Crippen molar-refractivity contribution in [2.24, 2.45) is 0 Å². The molecular weight excluding hydrogens is 200 g/mol. The third-order valence-electron chi connectivity index (χ3n) is 1.64. The fourth-order valence-corrected chi connectivity index (χ4v) is 1.04. The molecule has 0 fully saturated rings. The van der Waals surface area contributed by atoms with Crippen molar-refractivity contribution in [2.45, 2.75) is 6.54 Å². The van der Waals surface area contributed by atoms with E-state index in [4.69, 9.17) is 4.74 Å². The maximum Gasteiger partial charge on any atom is 0.229 e. The first kappa shape index (κ1) is 10.8. The molecule has 0 atom stereocenters. The van der Waals surface area contributed by atoms with E-state index in [0.29, 0.717) is 12.4 Å². The summed E-state index contributed by atoms with van der Waals surface area (Å²) in [4.78, 5) is 14.9. The van der Waals surface area contributed by atoms with Gasteiger partial charge in [-0.25, -0.2) is 4.98 Å². The van der Waals surface area contributed by atoms with E-state index in [2.05, 4.69) is 22.9 Å². The lowest BCUT2D eigenvalue weighted by Gasteiger charge is -2.04. The Morgan fingerprint density at radius 2 is 2.50 bits per heavy atom. The van der Waals surface area contributed by atoms with Gasteiger partial charge in [-0.3, -0.25) is 4.79 Å². The fraction of sp³-hybridized carbons (Fsp3) is 0.333. The first-order valence-electron chi connectivity index (χ1n) is 4.12. The number of aromatic nitrogens is 1. The molecule has 1 N–H and O–H groups in total. The SMILES string of the molecule is COc1cc(CNC(=O)CS)ccn1. The van der Waals surface area contributed by atoms with Gasteiger partial charge in [-0.05, 0) is 11.6 Å². The number of thiol groups is 1. The van der Waals surface area contributed by atoms with Crippen molar-refractivity contribution in [1.82, 2.24) is 10.3 Å². The second kappa shape index (κ2) is 5.49. The van der Waals surface area contributed by atoms with Crippen LogP contribution < -0.4 is 10.1 Å². The molecule has 0 aliphatic heterocycles. The molecule has 0 bridgehead atoms. The maximum atomic E-state index is 10.9. The van der Waals surface area contributed by atoms with Crippen molar-refractivity contribution in [3.8, 4) is 5.88 Å². The summed E-state index contributed by atoms with van der Waals surface area (Å²) in [6, 6.07) is 3.60. The average molecular weight is 212 g/mol. The number of amides is 1. The largest absolute Gasteiger partial charge is 0.481 e. The number of rotatable bonds is 4. The number of pyridine rings is 1. The molecule has 0 aromatic carbocycles. The van der Waals surface area contributed by atoms with E-state index in [9.17, 15) is 4.79 Å². The Bertz CT molecular complexity index is 317. The number of nitrogens with one attached hydrogen (secondary N) is 1. The van der Waals surface area contributed by atoms with Crippen molar-refractivity contribution in [3.63, 3.8) is 0 Å². The predicted molar refractivity (Wildman–Crippen MR) is 56.5 cm³/mol. The molecular formula is C9H12N2O2S. The highest BCUT2D eigenvalue weighted by molar-refractivity contribution is 7.81. The molecule has 1 aromatic heterocycles. The average Bonchev–Trinajstić information content (AvgIpc) is 2.26. The monoisotopic (exact) mass is 212 g/mol. The van der Waals surface area contributed by atoms with Crippen molar-refractivity contribution in [2.75, 3.05) is 12.9 Å². The van der Waals surface area contributed by atoms with Crippen LogP contribution in [0.2, 0.25) is 0 Å². The topological polar surface area (TPSA) is 51.2 Å². The number of hydrogen-bond acceptors (Lipinski definition) is 4. The maximum absolute atomic E-state index is 10.9. The molecule has 0 radical (unpaired) electrons. The zero-order chi connectivity index (χ0) is 10.4. The zero-order valence-corrected chi connectivity index (χ0v) is 8.75. The van der Waals surface area contributed by atoms with Gasteiger partial charge in [-0.2, -0.15) is 12.6 Å². The number of methoxy groups -OCH3 is 1. The summed E-state index contributed by atoms with van der Waals surface area (Å²) in [6.45, 7) is 0.471. The number of nitrogens with zero attached hydrogens (tertiary/aromatic N) is 1. The number of carbonyl (C=O) groups excluding carboxylic acids is 1. The summed E-state index contributed by atoms with van der Waals surface area (Å²) in [5.74, 6) is 0.647. The highest BCUT2D eigenvalue weighted by Gasteiger charge is 1.99. The van der Waals surface area contributed by atoms with Gasteiger partial charge in [0.05, 0.1) is 12.9 Å². The van der Waals surface area contributed by atoms with Crippen LogP contribution >= 0.6 is 12.6 Å². The van der Waals surface area contributed by atoms with Crippen LogP contribution in [0, 0.1) is 0 Å². The van der Waals surface area contributed by atoms with E-state index >= 15 is 0 Å². The zero-order valence-electron chi connectivity index (χ0n) is 7.86. The van der Waals surface area contributed by atoms with Crippen LogP contribution in [0.1, 0.15) is 5.56 Å². The molecule has 0 aliphatic carbocycles. The van der Waals surface area contributed by atoms with Gasteiger partial charge in [0.25, 0.3) is 0 Å². The lowest BCUT2D eigenvalue weighted by atomic mass is 10.2. The van der Waals surface area contributed by atoms with Crippen molar-refractivity contribution in [1.29, 1.82) is 0 Å². The van der Waals surface area contributed by atoms with Crippen molar-refractivity contribution < 1.29 is 9.53 Å². The van der Waals surface area contributed by atoms with Crippen LogP contribution in [-0.4, -0.2) is 23.8 Å². The second-order valence-electron chi connectivity index (χ2n) is 2.64. The Morgan fingerprint density at radius 1 is 1.71 bits per heavy atom. The number of carbonyl (C=O) groups is 1. The molecule has 1 amide bonds. The van der Waals surface area contributed by atoms with Gasteiger partial charge in [0, 0.05) is 18.8 Å². The summed E-state index contributed by atoms with van der Waals surface area (Å²) < 4.78 is 4.95. The van der Waals surface area contributed by atoms with Gasteiger partial charge in [0.2, 0.25) is 11.8 Å². The van der Waals surface area contributed by atoms with E-state index in [0.717, 1.165) is 5.56 Å². The Balaban J connectivity index is 2.54. The minimum atomic E-state index is -0.0934. The lowest BCUT2D eigenvalue weighted by molar-refractivity contribution is -0.118. The Kier molecular flexibility index (Phi) is 4.25. The van der Waals surface area contributed by atoms with E-state index in [1.807, 2.05) is 6.07 Å². The van der Waals surface area contributed by atoms with E-state index in [1.54, 1.807) is 19.4 Å². The first-order chi connectivity index (χ1) is 6.76. The fourth-order valence-electron chi connectivity index (χ4n) is 0.929. The minimum absolute atomic E-state index is 0.0934. The summed E-state index contributed by atoms with van der Waals surface area (Å²) >= 11 is 3.85. The minimum Gasteiger partial charge on any atom is -0.481 e. The Morgan fingerprint density at radius 3 is 3.14 bits per heavy atom. The summed E-state index contributed by atoms with van der Waals surface area (Å²) in [5.41, 5.74) is 0.951. The highest BCUT2D eigenvalue weighted by Crippen LogP contribution is 2.07. The van der Waals surface area contributed by atoms with Crippen LogP contribution in [0.25, 0.3) is 0 Å². The molecule has 0 saturated heterocycles. The molecule has 76 valence electrons. The molecule has 4 nitrogen and oxygen atoms in total. The van der Waals surface area contributed by atoms with E-state index in [1.165, 1.54) is 0 Å². The lowest BCUT2D eigenvalue weighted by Crippen LogP contribution is -2.23. The van der Waals surface area contributed by atoms with Crippen LogP contribution in [0.4, 0.5) is 0 Å². The molecule has 14 heavy (non-hydrogen) atoms. The number of hydrogen-bond donors (Lipinski definition) is 2. The second-order valence-corrected chi connectivity index (χ2v) is 2.96. The van der Waals surface area contributed by atoms with Crippen molar-refractivity contribution in [3.05, 3.63) is 23.9 Å². The Labute approximate surface area is 88.1 Å². The predicted octanol–water partition coefficient (Wildman–Crippen LogP) is 0.636. The van der Waals surface area contributed by atoms with Crippen LogP contribution in [-0.2, 0) is 11.3 Å². The molecule has 1 aromatic rings. The first-order valence-corrected chi connectivity index (χ1v) is 4.76. The van der Waals surface area contributed by atoms with Gasteiger partial charge >= 0.3 is 0 Å². The van der Waals surface area contributed by atoms with Crippen LogP contribution in [0.15, 0.2) is 18.3 Å². The van der Waals surface area contributed by atoms with Crippen LogP contribution in [0.3, 0.4) is 0 Å². The van der Waals surface area contributed by atoms with Gasteiger partial charge in [-0.1, -0.05) is 0 Å². The summed E-state index contributed by atoms with van der Waals surface area (Å²) in [6.07, 6.45) is 1.64. The highest BCUT2D eigenvalue weighted by atomic mass is 32.1. The molecule has 5 heteroatoms. The molecule has 1 rings (SSSR count). The van der Waals surface area contributed by atoms with Gasteiger partial charge in [0.15, 0.2) is 0 Å². The third-order valence-corrected chi connectivity index (χ3v) is 1.93. The van der Waals surface area contributed by atoms with Crippen molar-refractivity contribution >= 4 is 18.5 Å². The molecule has 0 unspecified atom stereocenters. The van der Waals surface area contributed by atoms with Gasteiger partial charge in [0.1, 0.15) is 0 Å². The molecule has 0 saturated carbocycles. The van der Waals surface area contributed by atoms with Gasteiger partial charge < -0.3 is 10.1 Å². The summed E-state index contributed by atoms with van der Waals surface area (Å²) in [5, 5.41) is 2.70. The smallest absolute Gasteiger partial charge is 0.229 e.